The molecule has 0 saturated carbocycles. The molecule has 0 bridgehead atoms. The lowest BCUT2D eigenvalue weighted by Gasteiger charge is -2.36. The Bertz CT molecular complexity index is 685. The van der Waals surface area contributed by atoms with Crippen LogP contribution in [0.4, 0.5) is 5.69 Å². The summed E-state index contributed by atoms with van der Waals surface area (Å²) < 4.78 is 4.95. The standard InChI is InChI=1S/C16H17ClN4O2/c1-23-15-6-5-14(18-19-15)16(22)21-9-7-20(8-10-21)13-4-2-3-12(17)11-13/h2-6,11H,7-10H2,1H3. The fraction of sp³-hybridized carbons (Fsp3) is 0.312. The summed E-state index contributed by atoms with van der Waals surface area (Å²) >= 11 is 6.03. The summed E-state index contributed by atoms with van der Waals surface area (Å²) in [6.45, 7) is 2.80. The number of carbonyl (C=O) groups is 1. The number of aromatic nitrogens is 2. The summed E-state index contributed by atoms with van der Waals surface area (Å²) in [5, 5.41) is 8.47. The molecular weight excluding hydrogens is 316 g/mol. The maximum absolute atomic E-state index is 12.4. The molecule has 3 rings (SSSR count). The summed E-state index contributed by atoms with van der Waals surface area (Å²) in [5.41, 5.74) is 1.41. The number of methoxy groups -OCH3 is 1. The maximum Gasteiger partial charge on any atom is 0.274 e. The van der Waals surface area contributed by atoms with Crippen LogP contribution in [-0.2, 0) is 0 Å². The number of nitrogens with zero attached hydrogens (tertiary/aromatic N) is 4. The highest BCUT2D eigenvalue weighted by Gasteiger charge is 2.23. The Kier molecular flexibility index (Phi) is 4.62. The molecule has 1 aromatic carbocycles. The molecule has 0 N–H and O–H groups in total. The lowest BCUT2D eigenvalue weighted by Crippen LogP contribution is -2.49. The summed E-state index contributed by atoms with van der Waals surface area (Å²) in [6, 6.07) is 11.0. The minimum atomic E-state index is -0.106. The van der Waals surface area contributed by atoms with E-state index in [-0.39, 0.29) is 5.91 Å². The van der Waals surface area contributed by atoms with E-state index in [2.05, 4.69) is 15.1 Å². The molecule has 0 atom stereocenters. The van der Waals surface area contributed by atoms with Gasteiger partial charge in [-0.2, -0.15) is 0 Å². The molecule has 1 saturated heterocycles. The number of hydrogen-bond donors (Lipinski definition) is 0. The van der Waals surface area contributed by atoms with Crippen LogP contribution >= 0.6 is 11.6 Å². The summed E-state index contributed by atoms with van der Waals surface area (Å²) in [4.78, 5) is 16.4. The van der Waals surface area contributed by atoms with E-state index in [1.807, 2.05) is 24.3 Å². The molecule has 23 heavy (non-hydrogen) atoms. The molecular formula is C16H17ClN4O2. The average Bonchev–Trinajstić information content (AvgIpc) is 2.61. The van der Waals surface area contributed by atoms with E-state index in [0.29, 0.717) is 24.7 Å². The van der Waals surface area contributed by atoms with Crippen LogP contribution in [0.1, 0.15) is 10.5 Å². The molecule has 1 amide bonds. The molecule has 6 nitrogen and oxygen atoms in total. The first kappa shape index (κ1) is 15.6. The number of benzene rings is 1. The first-order valence-corrected chi connectivity index (χ1v) is 7.72. The smallest absolute Gasteiger partial charge is 0.274 e. The molecule has 2 aromatic rings. The Labute approximate surface area is 139 Å². The van der Waals surface area contributed by atoms with Crippen LogP contribution < -0.4 is 9.64 Å². The Hall–Kier alpha value is -2.34. The van der Waals surface area contributed by atoms with Gasteiger partial charge in [-0.05, 0) is 24.3 Å². The Balaban J connectivity index is 1.62. The van der Waals surface area contributed by atoms with Gasteiger partial charge in [0.05, 0.1) is 7.11 Å². The third-order valence-electron chi connectivity index (χ3n) is 3.81. The van der Waals surface area contributed by atoms with Crippen molar-refractivity contribution in [3.05, 3.63) is 47.1 Å². The molecule has 0 spiro atoms. The second-order valence-electron chi connectivity index (χ2n) is 5.22. The predicted octanol–water partition coefficient (Wildman–Crippen LogP) is 2.10. The summed E-state index contributed by atoms with van der Waals surface area (Å²) in [6.07, 6.45) is 0. The molecule has 0 unspecified atom stereocenters. The van der Waals surface area contributed by atoms with Gasteiger partial charge in [0.15, 0.2) is 5.69 Å². The van der Waals surface area contributed by atoms with Crippen molar-refractivity contribution in [2.75, 3.05) is 38.2 Å². The van der Waals surface area contributed by atoms with Gasteiger partial charge >= 0.3 is 0 Å². The number of rotatable bonds is 3. The normalized spacial score (nSPS) is 14.7. The highest BCUT2D eigenvalue weighted by molar-refractivity contribution is 6.30. The van der Waals surface area contributed by atoms with E-state index in [1.165, 1.54) is 7.11 Å². The molecule has 7 heteroatoms. The fourth-order valence-electron chi connectivity index (χ4n) is 2.55. The van der Waals surface area contributed by atoms with Crippen molar-refractivity contribution < 1.29 is 9.53 Å². The van der Waals surface area contributed by atoms with Crippen LogP contribution in [0.3, 0.4) is 0 Å². The van der Waals surface area contributed by atoms with Gasteiger partial charge in [0.1, 0.15) is 0 Å². The van der Waals surface area contributed by atoms with E-state index in [0.717, 1.165) is 23.8 Å². The van der Waals surface area contributed by atoms with Crippen LogP contribution in [0.2, 0.25) is 5.02 Å². The molecule has 2 heterocycles. The van der Waals surface area contributed by atoms with Gasteiger partial charge in [-0.3, -0.25) is 4.79 Å². The van der Waals surface area contributed by atoms with Gasteiger partial charge in [0.25, 0.3) is 5.91 Å². The number of anilines is 1. The van der Waals surface area contributed by atoms with Crippen LogP contribution in [0.5, 0.6) is 5.88 Å². The van der Waals surface area contributed by atoms with Crippen molar-refractivity contribution in [2.24, 2.45) is 0 Å². The quantitative estimate of drug-likeness (QED) is 0.861. The van der Waals surface area contributed by atoms with Gasteiger partial charge in [-0.25, -0.2) is 0 Å². The predicted molar refractivity (Wildman–Crippen MR) is 88.2 cm³/mol. The maximum atomic E-state index is 12.4. The van der Waals surface area contributed by atoms with Crippen LogP contribution in [-0.4, -0.2) is 54.3 Å². The highest BCUT2D eigenvalue weighted by atomic mass is 35.5. The topological polar surface area (TPSA) is 58.6 Å². The van der Waals surface area contributed by atoms with E-state index in [9.17, 15) is 4.79 Å². The zero-order chi connectivity index (χ0) is 16.2. The molecule has 1 fully saturated rings. The second kappa shape index (κ2) is 6.83. The third kappa shape index (κ3) is 3.53. The monoisotopic (exact) mass is 332 g/mol. The first-order chi connectivity index (χ1) is 11.2. The van der Waals surface area contributed by atoms with E-state index >= 15 is 0 Å². The van der Waals surface area contributed by atoms with Crippen LogP contribution in [0, 0.1) is 0 Å². The van der Waals surface area contributed by atoms with Crippen molar-refractivity contribution in [3.63, 3.8) is 0 Å². The minimum absolute atomic E-state index is 0.106. The number of piperazine rings is 1. The Morgan fingerprint density at radius 3 is 2.52 bits per heavy atom. The van der Waals surface area contributed by atoms with Crippen molar-refractivity contribution >= 4 is 23.2 Å². The molecule has 120 valence electrons. The van der Waals surface area contributed by atoms with Gasteiger partial charge in [-0.15, -0.1) is 10.2 Å². The number of amides is 1. The molecule has 0 radical (unpaired) electrons. The Morgan fingerprint density at radius 1 is 1.13 bits per heavy atom. The number of carbonyl (C=O) groups excluding carboxylic acids is 1. The van der Waals surface area contributed by atoms with Crippen molar-refractivity contribution in [1.29, 1.82) is 0 Å². The van der Waals surface area contributed by atoms with Crippen LogP contribution in [0.25, 0.3) is 0 Å². The lowest BCUT2D eigenvalue weighted by molar-refractivity contribution is 0.0739. The summed E-state index contributed by atoms with van der Waals surface area (Å²) in [5.74, 6) is 0.290. The highest BCUT2D eigenvalue weighted by Crippen LogP contribution is 2.21. The van der Waals surface area contributed by atoms with Gasteiger partial charge in [0, 0.05) is 43.0 Å². The Morgan fingerprint density at radius 2 is 1.91 bits per heavy atom. The largest absolute Gasteiger partial charge is 0.480 e. The van der Waals surface area contributed by atoms with Gasteiger partial charge < -0.3 is 14.5 Å². The van der Waals surface area contributed by atoms with Crippen molar-refractivity contribution in [1.82, 2.24) is 15.1 Å². The third-order valence-corrected chi connectivity index (χ3v) is 4.04. The molecule has 1 aromatic heterocycles. The second-order valence-corrected chi connectivity index (χ2v) is 5.66. The van der Waals surface area contributed by atoms with Gasteiger partial charge in [-0.1, -0.05) is 17.7 Å². The lowest BCUT2D eigenvalue weighted by atomic mass is 10.2. The number of halogens is 1. The van der Waals surface area contributed by atoms with Crippen molar-refractivity contribution in [2.45, 2.75) is 0 Å². The SMILES string of the molecule is COc1ccc(C(=O)N2CCN(c3cccc(Cl)c3)CC2)nn1. The fourth-order valence-corrected chi connectivity index (χ4v) is 2.73. The van der Waals surface area contributed by atoms with Gasteiger partial charge in [0.2, 0.25) is 5.88 Å². The zero-order valence-corrected chi connectivity index (χ0v) is 13.5. The van der Waals surface area contributed by atoms with E-state index < -0.39 is 0 Å². The summed E-state index contributed by atoms with van der Waals surface area (Å²) in [7, 11) is 1.51. The number of hydrogen-bond acceptors (Lipinski definition) is 5. The molecule has 1 aliphatic heterocycles. The van der Waals surface area contributed by atoms with E-state index in [1.54, 1.807) is 17.0 Å². The van der Waals surface area contributed by atoms with E-state index in [4.69, 9.17) is 16.3 Å². The molecule has 0 aliphatic carbocycles. The molecule has 1 aliphatic rings. The zero-order valence-electron chi connectivity index (χ0n) is 12.8. The van der Waals surface area contributed by atoms with Crippen molar-refractivity contribution in [3.8, 4) is 5.88 Å². The first-order valence-electron chi connectivity index (χ1n) is 7.35. The van der Waals surface area contributed by atoms with Crippen LogP contribution in [0.15, 0.2) is 36.4 Å². The minimum Gasteiger partial charge on any atom is -0.480 e. The number of ether oxygens (including phenoxy) is 1. The average molecular weight is 333 g/mol.